The van der Waals surface area contributed by atoms with E-state index in [2.05, 4.69) is 12.2 Å². The van der Waals surface area contributed by atoms with E-state index in [0.29, 0.717) is 23.2 Å². The molecule has 2 unspecified atom stereocenters. The monoisotopic (exact) mass is 261 g/mol. The van der Waals surface area contributed by atoms with Crippen LogP contribution in [0, 0.1) is 5.92 Å². The quantitative estimate of drug-likeness (QED) is 0.822. The Labute approximate surface area is 115 Å². The van der Waals surface area contributed by atoms with Gasteiger partial charge >= 0.3 is 0 Å². The van der Waals surface area contributed by atoms with Crippen molar-refractivity contribution in [1.29, 1.82) is 0 Å². The lowest BCUT2D eigenvalue weighted by atomic mass is 10.1. The van der Waals surface area contributed by atoms with Crippen molar-refractivity contribution >= 4 is 17.3 Å². The number of rotatable bonds is 3. The van der Waals surface area contributed by atoms with E-state index in [4.69, 9.17) is 5.73 Å². The van der Waals surface area contributed by atoms with Crippen molar-refractivity contribution in [2.75, 3.05) is 25.1 Å². The minimum Gasteiger partial charge on any atom is -0.397 e. The first-order valence-electron chi connectivity index (χ1n) is 6.86. The van der Waals surface area contributed by atoms with Gasteiger partial charge < -0.3 is 16.0 Å². The zero-order chi connectivity index (χ0) is 14.0. The van der Waals surface area contributed by atoms with Crippen LogP contribution in [0.25, 0.3) is 0 Å². The molecular formula is C15H23N3O. The highest BCUT2D eigenvalue weighted by molar-refractivity contribution is 5.95. The molecule has 104 valence electrons. The number of nitrogen functional groups attached to an aromatic ring is 1. The maximum atomic E-state index is 12.0. The number of hydrogen-bond acceptors (Lipinski definition) is 3. The van der Waals surface area contributed by atoms with E-state index in [1.807, 2.05) is 6.07 Å². The zero-order valence-corrected chi connectivity index (χ0v) is 11.9. The summed E-state index contributed by atoms with van der Waals surface area (Å²) in [5.74, 6) is 0.662. The summed E-state index contributed by atoms with van der Waals surface area (Å²) in [6.45, 7) is 2.26. The summed E-state index contributed by atoms with van der Waals surface area (Å²) in [5, 5.41) is 3.50. The fourth-order valence-electron chi connectivity index (χ4n) is 2.63. The number of anilines is 2. The van der Waals surface area contributed by atoms with Gasteiger partial charge in [-0.1, -0.05) is 13.3 Å². The van der Waals surface area contributed by atoms with E-state index in [0.717, 1.165) is 5.69 Å². The van der Waals surface area contributed by atoms with Crippen molar-refractivity contribution in [2.24, 2.45) is 5.92 Å². The van der Waals surface area contributed by atoms with E-state index in [1.54, 1.807) is 31.1 Å². The SMILES string of the molecule is CC1CCCC1Nc1cc(C(=O)N(C)C)ccc1N. The number of carbonyl (C=O) groups excluding carboxylic acids is 1. The number of benzene rings is 1. The van der Waals surface area contributed by atoms with Crippen LogP contribution in [0.2, 0.25) is 0 Å². The molecule has 1 aliphatic carbocycles. The number of hydrogen-bond donors (Lipinski definition) is 2. The Hall–Kier alpha value is -1.71. The molecule has 1 saturated carbocycles. The second-order valence-corrected chi connectivity index (χ2v) is 5.66. The molecule has 1 aromatic carbocycles. The second-order valence-electron chi connectivity index (χ2n) is 5.66. The van der Waals surface area contributed by atoms with Gasteiger partial charge in [-0.25, -0.2) is 0 Å². The van der Waals surface area contributed by atoms with Gasteiger partial charge in [-0.2, -0.15) is 0 Å². The molecule has 0 saturated heterocycles. The van der Waals surface area contributed by atoms with Crippen molar-refractivity contribution in [3.63, 3.8) is 0 Å². The molecule has 0 aromatic heterocycles. The molecule has 1 amide bonds. The molecule has 2 atom stereocenters. The van der Waals surface area contributed by atoms with Crippen LogP contribution in [0.15, 0.2) is 18.2 Å². The van der Waals surface area contributed by atoms with Crippen LogP contribution in [0.1, 0.15) is 36.5 Å². The fourth-order valence-corrected chi connectivity index (χ4v) is 2.63. The van der Waals surface area contributed by atoms with Crippen LogP contribution in [-0.4, -0.2) is 30.9 Å². The lowest BCUT2D eigenvalue weighted by Gasteiger charge is -2.21. The van der Waals surface area contributed by atoms with Crippen molar-refractivity contribution < 1.29 is 4.79 Å². The van der Waals surface area contributed by atoms with E-state index in [1.165, 1.54) is 19.3 Å². The number of amides is 1. The average Bonchev–Trinajstić information content (AvgIpc) is 2.77. The first kappa shape index (κ1) is 13.7. The molecule has 3 N–H and O–H groups in total. The van der Waals surface area contributed by atoms with Crippen LogP contribution in [0.3, 0.4) is 0 Å². The summed E-state index contributed by atoms with van der Waals surface area (Å²) < 4.78 is 0. The molecule has 0 aliphatic heterocycles. The van der Waals surface area contributed by atoms with Crippen molar-refractivity contribution in [3.05, 3.63) is 23.8 Å². The Kier molecular flexibility index (Phi) is 3.98. The van der Waals surface area contributed by atoms with E-state index >= 15 is 0 Å². The molecule has 0 heterocycles. The Morgan fingerprint density at radius 1 is 1.37 bits per heavy atom. The number of nitrogens with zero attached hydrogens (tertiary/aromatic N) is 1. The Balaban J connectivity index is 2.19. The first-order chi connectivity index (χ1) is 8.99. The highest BCUT2D eigenvalue weighted by atomic mass is 16.2. The Morgan fingerprint density at radius 3 is 2.68 bits per heavy atom. The number of carbonyl (C=O) groups is 1. The van der Waals surface area contributed by atoms with Gasteiger partial charge in [0, 0.05) is 25.7 Å². The van der Waals surface area contributed by atoms with Gasteiger partial charge in [-0.05, 0) is 37.0 Å². The average molecular weight is 261 g/mol. The molecule has 2 rings (SSSR count). The molecular weight excluding hydrogens is 238 g/mol. The highest BCUT2D eigenvalue weighted by Crippen LogP contribution is 2.30. The summed E-state index contributed by atoms with van der Waals surface area (Å²) in [7, 11) is 3.51. The summed E-state index contributed by atoms with van der Waals surface area (Å²) in [6.07, 6.45) is 3.69. The molecule has 1 aliphatic rings. The van der Waals surface area contributed by atoms with Crippen LogP contribution in [0.4, 0.5) is 11.4 Å². The smallest absolute Gasteiger partial charge is 0.253 e. The third kappa shape index (κ3) is 3.00. The Bertz CT molecular complexity index is 470. The maximum absolute atomic E-state index is 12.0. The number of nitrogens with one attached hydrogen (secondary N) is 1. The molecule has 4 nitrogen and oxygen atoms in total. The van der Waals surface area contributed by atoms with Gasteiger partial charge in [0.1, 0.15) is 0 Å². The standard InChI is InChI=1S/C15H23N3O/c1-10-5-4-6-13(10)17-14-9-11(7-8-12(14)16)15(19)18(2)3/h7-10,13,17H,4-6,16H2,1-3H3. The van der Waals surface area contributed by atoms with Gasteiger partial charge in [0.05, 0.1) is 11.4 Å². The van der Waals surface area contributed by atoms with Crippen LogP contribution in [0.5, 0.6) is 0 Å². The van der Waals surface area contributed by atoms with E-state index in [-0.39, 0.29) is 5.91 Å². The lowest BCUT2D eigenvalue weighted by molar-refractivity contribution is 0.0827. The third-order valence-electron chi connectivity index (χ3n) is 3.91. The molecule has 0 radical (unpaired) electrons. The largest absolute Gasteiger partial charge is 0.397 e. The second kappa shape index (κ2) is 5.51. The fraction of sp³-hybridized carbons (Fsp3) is 0.533. The van der Waals surface area contributed by atoms with Gasteiger partial charge in [-0.3, -0.25) is 4.79 Å². The molecule has 0 spiro atoms. The minimum atomic E-state index is 0.00233. The van der Waals surface area contributed by atoms with Gasteiger partial charge in [-0.15, -0.1) is 0 Å². The molecule has 4 heteroatoms. The molecule has 1 aromatic rings. The summed E-state index contributed by atoms with van der Waals surface area (Å²) in [6, 6.07) is 5.91. The Morgan fingerprint density at radius 2 is 2.11 bits per heavy atom. The predicted octanol–water partition coefficient (Wildman–Crippen LogP) is 2.57. The van der Waals surface area contributed by atoms with Crippen molar-refractivity contribution in [1.82, 2.24) is 4.90 Å². The first-order valence-corrected chi connectivity index (χ1v) is 6.86. The van der Waals surface area contributed by atoms with E-state index in [9.17, 15) is 4.79 Å². The van der Waals surface area contributed by atoms with E-state index < -0.39 is 0 Å². The highest BCUT2D eigenvalue weighted by Gasteiger charge is 2.23. The molecule has 0 bridgehead atoms. The normalized spacial score (nSPS) is 22.3. The molecule has 1 fully saturated rings. The third-order valence-corrected chi connectivity index (χ3v) is 3.91. The summed E-state index contributed by atoms with van der Waals surface area (Å²) in [5.41, 5.74) is 8.26. The van der Waals surface area contributed by atoms with Gasteiger partial charge in [0.15, 0.2) is 0 Å². The summed E-state index contributed by atoms with van der Waals surface area (Å²) in [4.78, 5) is 13.5. The van der Waals surface area contributed by atoms with Crippen LogP contribution >= 0.6 is 0 Å². The van der Waals surface area contributed by atoms with Crippen molar-refractivity contribution in [3.8, 4) is 0 Å². The summed E-state index contributed by atoms with van der Waals surface area (Å²) >= 11 is 0. The van der Waals surface area contributed by atoms with Crippen molar-refractivity contribution in [2.45, 2.75) is 32.2 Å². The van der Waals surface area contributed by atoms with Gasteiger partial charge in [0.25, 0.3) is 5.91 Å². The van der Waals surface area contributed by atoms with Crippen LogP contribution < -0.4 is 11.1 Å². The number of nitrogens with two attached hydrogens (primary N) is 1. The minimum absolute atomic E-state index is 0.00233. The lowest BCUT2D eigenvalue weighted by Crippen LogP contribution is -2.24. The molecule has 19 heavy (non-hydrogen) atoms. The van der Waals surface area contributed by atoms with Gasteiger partial charge in [0.2, 0.25) is 0 Å². The predicted molar refractivity (Wildman–Crippen MR) is 79.3 cm³/mol. The topological polar surface area (TPSA) is 58.4 Å². The maximum Gasteiger partial charge on any atom is 0.253 e. The van der Waals surface area contributed by atoms with Crippen LogP contribution in [-0.2, 0) is 0 Å². The zero-order valence-electron chi connectivity index (χ0n) is 11.9.